The minimum absolute atomic E-state index is 0.215. The fourth-order valence-electron chi connectivity index (χ4n) is 1.55. The van der Waals surface area contributed by atoms with Gasteiger partial charge in [0.05, 0.1) is 12.6 Å². The number of carbonyl (C=O) groups is 1. The lowest BCUT2D eigenvalue weighted by Crippen LogP contribution is -2.38. The molecule has 1 unspecified atom stereocenters. The van der Waals surface area contributed by atoms with Crippen LogP contribution in [-0.2, 0) is 9.57 Å². The number of carbonyl (C=O) groups excluding carboxylic acids is 1. The molecule has 1 rings (SSSR count). The van der Waals surface area contributed by atoms with E-state index in [1.165, 1.54) is 0 Å². The number of ether oxygens (including phenoxy) is 1. The zero-order valence-electron chi connectivity index (χ0n) is 10.6. The number of nitrogens with zero attached hydrogens (tertiary/aromatic N) is 1. The molecular weight excluding hydrogens is 208 g/mol. The molecule has 0 aromatic rings. The Hall–Kier alpha value is -0.810. The molecule has 1 N–H and O–H groups in total. The van der Waals surface area contributed by atoms with Gasteiger partial charge in [-0.2, -0.15) is 5.48 Å². The van der Waals surface area contributed by atoms with Gasteiger partial charge in [0.2, 0.25) is 0 Å². The number of hydrogen-bond donors (Lipinski definition) is 1. The van der Waals surface area contributed by atoms with E-state index in [-0.39, 0.29) is 12.1 Å². The average Bonchev–Trinajstić information content (AvgIpc) is 2.60. The van der Waals surface area contributed by atoms with Crippen LogP contribution in [0.3, 0.4) is 0 Å². The van der Waals surface area contributed by atoms with E-state index in [0.29, 0.717) is 13.2 Å². The standard InChI is InChI=1S/C11H22N2O3/c1-5-15-12-9-6-7-13(8-9)10(14)16-11(2,3)4/h9,12H,5-8H2,1-4H3. The largest absolute Gasteiger partial charge is 0.444 e. The van der Waals surface area contributed by atoms with Crippen molar-refractivity contribution in [3.8, 4) is 0 Å². The second-order valence-electron chi connectivity index (χ2n) is 4.96. The third kappa shape index (κ3) is 4.37. The zero-order valence-corrected chi connectivity index (χ0v) is 10.6. The van der Waals surface area contributed by atoms with Crippen molar-refractivity contribution in [2.75, 3.05) is 19.7 Å². The van der Waals surface area contributed by atoms with E-state index in [1.54, 1.807) is 4.90 Å². The summed E-state index contributed by atoms with van der Waals surface area (Å²) in [6, 6.07) is 0.215. The van der Waals surface area contributed by atoms with Crippen LogP contribution in [-0.4, -0.2) is 42.3 Å². The molecule has 0 radical (unpaired) electrons. The monoisotopic (exact) mass is 230 g/mol. The maximum Gasteiger partial charge on any atom is 0.410 e. The van der Waals surface area contributed by atoms with E-state index in [9.17, 15) is 4.79 Å². The van der Waals surface area contributed by atoms with Crippen molar-refractivity contribution in [1.29, 1.82) is 0 Å². The first kappa shape index (κ1) is 13.3. The van der Waals surface area contributed by atoms with Crippen molar-refractivity contribution in [1.82, 2.24) is 10.4 Å². The molecule has 1 fully saturated rings. The van der Waals surface area contributed by atoms with Crippen LogP contribution in [0.5, 0.6) is 0 Å². The van der Waals surface area contributed by atoms with Crippen LogP contribution in [0.15, 0.2) is 0 Å². The van der Waals surface area contributed by atoms with Gasteiger partial charge < -0.3 is 14.5 Å². The van der Waals surface area contributed by atoms with E-state index in [1.807, 2.05) is 27.7 Å². The normalized spacial score (nSPS) is 21.2. The summed E-state index contributed by atoms with van der Waals surface area (Å²) in [7, 11) is 0. The highest BCUT2D eigenvalue weighted by molar-refractivity contribution is 5.68. The molecule has 1 aliphatic rings. The molecule has 1 atom stereocenters. The molecule has 0 saturated carbocycles. The van der Waals surface area contributed by atoms with E-state index in [2.05, 4.69) is 5.48 Å². The number of nitrogens with one attached hydrogen (secondary N) is 1. The van der Waals surface area contributed by atoms with Gasteiger partial charge in [-0.3, -0.25) is 0 Å². The van der Waals surface area contributed by atoms with Gasteiger partial charge in [-0.1, -0.05) is 0 Å². The molecule has 5 nitrogen and oxygen atoms in total. The molecule has 1 aliphatic heterocycles. The minimum atomic E-state index is -0.428. The van der Waals surface area contributed by atoms with Crippen molar-refractivity contribution in [3.63, 3.8) is 0 Å². The van der Waals surface area contributed by atoms with Gasteiger partial charge in [-0.15, -0.1) is 0 Å². The molecule has 0 aliphatic carbocycles. The third-order valence-electron chi connectivity index (χ3n) is 2.23. The van der Waals surface area contributed by atoms with Crippen LogP contribution >= 0.6 is 0 Å². The Morgan fingerprint density at radius 1 is 1.50 bits per heavy atom. The molecule has 0 aromatic heterocycles. The fraction of sp³-hybridized carbons (Fsp3) is 0.909. The Kier molecular flexibility index (Phi) is 4.56. The molecule has 1 saturated heterocycles. The number of likely N-dealkylation sites (tertiary alicyclic amines) is 1. The van der Waals surface area contributed by atoms with Crippen molar-refractivity contribution >= 4 is 6.09 Å². The first-order valence-corrected chi connectivity index (χ1v) is 5.77. The SMILES string of the molecule is CCONC1CCN(C(=O)OC(C)(C)C)C1. The summed E-state index contributed by atoms with van der Waals surface area (Å²) in [5, 5.41) is 0. The van der Waals surface area contributed by atoms with Crippen molar-refractivity contribution in [2.45, 2.75) is 45.8 Å². The molecule has 0 bridgehead atoms. The molecule has 94 valence electrons. The van der Waals surface area contributed by atoms with Crippen LogP contribution in [0.2, 0.25) is 0 Å². The van der Waals surface area contributed by atoms with Crippen molar-refractivity contribution in [2.24, 2.45) is 0 Å². The van der Waals surface area contributed by atoms with Crippen molar-refractivity contribution in [3.05, 3.63) is 0 Å². The quantitative estimate of drug-likeness (QED) is 0.747. The van der Waals surface area contributed by atoms with Gasteiger partial charge >= 0.3 is 6.09 Å². The second-order valence-corrected chi connectivity index (χ2v) is 4.96. The summed E-state index contributed by atoms with van der Waals surface area (Å²) in [5.74, 6) is 0. The van der Waals surface area contributed by atoms with Gasteiger partial charge in [0.1, 0.15) is 5.60 Å². The molecule has 1 heterocycles. The average molecular weight is 230 g/mol. The number of rotatable bonds is 3. The predicted molar refractivity (Wildman–Crippen MR) is 61.0 cm³/mol. The summed E-state index contributed by atoms with van der Waals surface area (Å²) < 4.78 is 5.29. The van der Waals surface area contributed by atoms with Gasteiger partial charge in [-0.25, -0.2) is 4.79 Å². The molecular formula is C11H22N2O3. The summed E-state index contributed by atoms with van der Waals surface area (Å²) in [6.45, 7) is 9.54. The van der Waals surface area contributed by atoms with Crippen LogP contribution in [0, 0.1) is 0 Å². The molecule has 16 heavy (non-hydrogen) atoms. The first-order chi connectivity index (χ1) is 7.42. The van der Waals surface area contributed by atoms with Gasteiger partial charge in [0.15, 0.2) is 0 Å². The highest BCUT2D eigenvalue weighted by atomic mass is 16.6. The van der Waals surface area contributed by atoms with Gasteiger partial charge in [0, 0.05) is 13.1 Å². The lowest BCUT2D eigenvalue weighted by Gasteiger charge is -2.24. The molecule has 0 spiro atoms. The second kappa shape index (κ2) is 5.50. The highest BCUT2D eigenvalue weighted by Crippen LogP contribution is 2.15. The molecule has 5 heteroatoms. The minimum Gasteiger partial charge on any atom is -0.444 e. The summed E-state index contributed by atoms with van der Waals surface area (Å²) >= 11 is 0. The predicted octanol–water partition coefficient (Wildman–Crippen LogP) is 1.54. The number of hydrogen-bond acceptors (Lipinski definition) is 4. The summed E-state index contributed by atoms with van der Waals surface area (Å²) in [6.07, 6.45) is 0.660. The highest BCUT2D eigenvalue weighted by Gasteiger charge is 2.29. The molecule has 0 aromatic carbocycles. The van der Waals surface area contributed by atoms with E-state index in [4.69, 9.17) is 9.57 Å². The third-order valence-corrected chi connectivity index (χ3v) is 2.23. The van der Waals surface area contributed by atoms with Crippen molar-refractivity contribution < 1.29 is 14.4 Å². The van der Waals surface area contributed by atoms with E-state index in [0.717, 1.165) is 13.0 Å². The smallest absolute Gasteiger partial charge is 0.410 e. The van der Waals surface area contributed by atoms with E-state index < -0.39 is 5.60 Å². The maximum absolute atomic E-state index is 11.7. The topological polar surface area (TPSA) is 50.8 Å². The summed E-state index contributed by atoms with van der Waals surface area (Å²) in [4.78, 5) is 18.5. The Morgan fingerprint density at radius 2 is 2.19 bits per heavy atom. The maximum atomic E-state index is 11.7. The first-order valence-electron chi connectivity index (χ1n) is 5.77. The number of hydroxylamine groups is 1. The van der Waals surface area contributed by atoms with Crippen LogP contribution in [0.25, 0.3) is 0 Å². The Labute approximate surface area is 97.0 Å². The Morgan fingerprint density at radius 3 is 2.75 bits per heavy atom. The lowest BCUT2D eigenvalue weighted by molar-refractivity contribution is 0.0175. The van der Waals surface area contributed by atoms with Crippen LogP contribution in [0.1, 0.15) is 34.1 Å². The lowest BCUT2D eigenvalue weighted by atomic mass is 10.2. The Balaban J connectivity index is 2.32. The Bertz CT molecular complexity index is 238. The fourth-order valence-corrected chi connectivity index (χ4v) is 1.55. The number of amides is 1. The zero-order chi connectivity index (χ0) is 12.2. The van der Waals surface area contributed by atoms with Crippen LogP contribution in [0.4, 0.5) is 4.79 Å². The summed E-state index contributed by atoms with van der Waals surface area (Å²) in [5.41, 5.74) is 2.50. The van der Waals surface area contributed by atoms with Gasteiger partial charge in [-0.05, 0) is 34.1 Å². The van der Waals surface area contributed by atoms with E-state index >= 15 is 0 Å². The van der Waals surface area contributed by atoms with Gasteiger partial charge in [0.25, 0.3) is 0 Å². The molecule has 1 amide bonds. The van der Waals surface area contributed by atoms with Crippen LogP contribution < -0.4 is 5.48 Å².